The first-order valence-electron chi connectivity index (χ1n) is 10.5. The fourth-order valence-corrected chi connectivity index (χ4v) is 5.60. The minimum atomic E-state index is -3.56. The van der Waals surface area contributed by atoms with Crippen LogP contribution in [0.2, 0.25) is 0 Å². The van der Waals surface area contributed by atoms with Gasteiger partial charge in [-0.05, 0) is 69.2 Å². The third kappa shape index (κ3) is 4.39. The van der Waals surface area contributed by atoms with E-state index in [4.69, 9.17) is 0 Å². The zero-order chi connectivity index (χ0) is 22.9. The average Bonchev–Trinajstić information content (AvgIpc) is 3.26. The molecule has 8 nitrogen and oxygen atoms in total. The zero-order valence-corrected chi connectivity index (χ0v) is 18.8. The highest BCUT2D eigenvalue weighted by atomic mass is 32.2. The number of carbonyl (C=O) groups excluding carboxylic acids is 1. The van der Waals surface area contributed by atoms with Crippen molar-refractivity contribution < 1.29 is 18.3 Å². The van der Waals surface area contributed by atoms with E-state index < -0.39 is 15.9 Å². The molecule has 168 valence electrons. The van der Waals surface area contributed by atoms with Gasteiger partial charge in [-0.25, -0.2) is 8.42 Å². The third-order valence-corrected chi connectivity index (χ3v) is 7.74. The second-order valence-corrected chi connectivity index (χ2v) is 10.0. The van der Waals surface area contributed by atoms with Crippen LogP contribution in [0, 0.1) is 6.92 Å². The number of hydrogen-bond donors (Lipinski definition) is 3. The topological polar surface area (TPSA) is 115 Å². The van der Waals surface area contributed by atoms with Crippen LogP contribution in [0.15, 0.2) is 53.4 Å². The first-order valence-corrected chi connectivity index (χ1v) is 12.0. The van der Waals surface area contributed by atoms with Crippen molar-refractivity contribution in [3.8, 4) is 17.0 Å². The maximum atomic E-state index is 12.9. The molecule has 1 atom stereocenters. The minimum absolute atomic E-state index is 0.0180. The highest BCUT2D eigenvalue weighted by Crippen LogP contribution is 2.29. The zero-order valence-electron chi connectivity index (χ0n) is 18.0. The Morgan fingerprint density at radius 3 is 2.62 bits per heavy atom. The van der Waals surface area contributed by atoms with Crippen molar-refractivity contribution in [2.45, 2.75) is 44.0 Å². The van der Waals surface area contributed by atoms with E-state index in [-0.39, 0.29) is 22.4 Å². The van der Waals surface area contributed by atoms with Gasteiger partial charge >= 0.3 is 0 Å². The quantitative estimate of drug-likeness (QED) is 0.541. The normalized spacial score (nSPS) is 17.2. The molecule has 32 heavy (non-hydrogen) atoms. The van der Waals surface area contributed by atoms with Gasteiger partial charge in [0.05, 0.1) is 10.6 Å². The number of phenolic OH excluding ortho intramolecular Hbond substituents is 1. The van der Waals surface area contributed by atoms with E-state index in [0.29, 0.717) is 23.5 Å². The van der Waals surface area contributed by atoms with Gasteiger partial charge in [0, 0.05) is 23.8 Å². The fraction of sp³-hybridized carbons (Fsp3) is 0.304. The molecule has 4 rings (SSSR count). The van der Waals surface area contributed by atoms with Gasteiger partial charge in [-0.1, -0.05) is 18.1 Å². The van der Waals surface area contributed by atoms with Crippen LogP contribution < -0.4 is 5.32 Å². The van der Waals surface area contributed by atoms with Crippen molar-refractivity contribution in [3.05, 3.63) is 59.8 Å². The average molecular weight is 455 g/mol. The second kappa shape index (κ2) is 8.76. The van der Waals surface area contributed by atoms with Gasteiger partial charge in [0.2, 0.25) is 10.0 Å². The number of hydrogen-bond acceptors (Lipinski definition) is 5. The Labute approximate surface area is 187 Å². The Morgan fingerprint density at radius 2 is 1.91 bits per heavy atom. The molecule has 9 heteroatoms. The maximum absolute atomic E-state index is 12.9. The number of benzene rings is 2. The number of H-pyrrole nitrogens is 1. The van der Waals surface area contributed by atoms with Crippen LogP contribution in [0.4, 0.5) is 5.69 Å². The maximum Gasteiger partial charge on any atom is 0.273 e. The summed E-state index contributed by atoms with van der Waals surface area (Å²) in [6.45, 7) is 4.36. The first kappa shape index (κ1) is 22.0. The predicted molar refractivity (Wildman–Crippen MR) is 122 cm³/mol. The van der Waals surface area contributed by atoms with Crippen LogP contribution in [-0.2, 0) is 10.0 Å². The number of aryl methyl sites for hydroxylation is 1. The largest absolute Gasteiger partial charge is 0.507 e. The monoisotopic (exact) mass is 454 g/mol. The summed E-state index contributed by atoms with van der Waals surface area (Å²) in [6, 6.07) is 12.9. The number of nitrogens with one attached hydrogen (secondary N) is 2. The fourth-order valence-electron chi connectivity index (χ4n) is 3.90. The number of rotatable bonds is 5. The Morgan fingerprint density at radius 1 is 1.16 bits per heavy atom. The lowest BCUT2D eigenvalue weighted by Crippen LogP contribution is -2.41. The van der Waals surface area contributed by atoms with Crippen molar-refractivity contribution in [3.63, 3.8) is 0 Å². The standard InChI is InChI=1S/C23H26N4O4S/c1-15-6-11-22(28)19(13-15)20-14-21(26-25-20)23(29)24-17-7-9-18(10-8-17)32(30,31)27-12-4-3-5-16(27)2/h6-11,13-14,16,28H,3-5,12H2,1-2H3,(H,24,29)(H,25,26)/t16-/m1/s1. The highest BCUT2D eigenvalue weighted by molar-refractivity contribution is 7.89. The van der Waals surface area contributed by atoms with Gasteiger partial charge < -0.3 is 10.4 Å². The Hall–Kier alpha value is -3.17. The van der Waals surface area contributed by atoms with Crippen molar-refractivity contribution in [2.75, 3.05) is 11.9 Å². The van der Waals surface area contributed by atoms with E-state index in [1.165, 1.54) is 12.1 Å². The minimum Gasteiger partial charge on any atom is -0.507 e. The number of aromatic hydroxyl groups is 1. The molecule has 0 unspecified atom stereocenters. The summed E-state index contributed by atoms with van der Waals surface area (Å²) >= 11 is 0. The summed E-state index contributed by atoms with van der Waals surface area (Å²) in [5, 5.41) is 19.6. The molecule has 1 aliphatic heterocycles. The number of carbonyl (C=O) groups is 1. The Bertz CT molecular complexity index is 1240. The molecule has 1 fully saturated rings. The molecular formula is C23H26N4O4S. The van der Waals surface area contributed by atoms with Gasteiger partial charge in [0.25, 0.3) is 5.91 Å². The van der Waals surface area contributed by atoms with Gasteiger partial charge in [0.15, 0.2) is 0 Å². The van der Waals surface area contributed by atoms with Gasteiger partial charge in [-0.2, -0.15) is 9.40 Å². The van der Waals surface area contributed by atoms with Crippen LogP contribution >= 0.6 is 0 Å². The van der Waals surface area contributed by atoms with Gasteiger partial charge in [-0.3, -0.25) is 9.89 Å². The molecule has 3 N–H and O–H groups in total. The SMILES string of the molecule is Cc1ccc(O)c(-c2cc(C(=O)Nc3ccc(S(=O)(=O)N4CCCC[C@H]4C)cc3)[nH]n2)c1. The number of amides is 1. The Balaban J connectivity index is 1.48. The predicted octanol–water partition coefficient (Wildman–Crippen LogP) is 3.91. The molecule has 1 aromatic heterocycles. The van der Waals surface area contributed by atoms with Crippen LogP contribution in [0.1, 0.15) is 42.2 Å². The summed E-state index contributed by atoms with van der Waals surface area (Å²) in [4.78, 5) is 12.8. The Kier molecular flexibility index (Phi) is 6.03. The summed E-state index contributed by atoms with van der Waals surface area (Å²) < 4.78 is 27.4. The molecule has 0 spiro atoms. The van der Waals surface area contributed by atoms with Crippen molar-refractivity contribution in [2.24, 2.45) is 0 Å². The summed E-state index contributed by atoms with van der Waals surface area (Å²) in [6.07, 6.45) is 2.76. The van der Waals surface area contributed by atoms with Crippen LogP contribution in [0.25, 0.3) is 11.3 Å². The van der Waals surface area contributed by atoms with Gasteiger partial charge in [-0.15, -0.1) is 0 Å². The summed E-state index contributed by atoms with van der Waals surface area (Å²) in [5.74, 6) is -0.343. The summed E-state index contributed by atoms with van der Waals surface area (Å²) in [7, 11) is -3.56. The van der Waals surface area contributed by atoms with Crippen LogP contribution in [0.5, 0.6) is 5.75 Å². The van der Waals surface area contributed by atoms with E-state index in [9.17, 15) is 18.3 Å². The highest BCUT2D eigenvalue weighted by Gasteiger charge is 2.30. The molecule has 2 aromatic carbocycles. The van der Waals surface area contributed by atoms with Crippen LogP contribution in [0.3, 0.4) is 0 Å². The summed E-state index contributed by atoms with van der Waals surface area (Å²) in [5.41, 5.74) is 2.63. The second-order valence-electron chi connectivity index (χ2n) is 8.13. The van der Waals surface area contributed by atoms with Crippen LogP contribution in [-0.4, -0.2) is 46.5 Å². The van der Waals surface area contributed by atoms with E-state index in [2.05, 4.69) is 15.5 Å². The molecule has 1 amide bonds. The van der Waals surface area contributed by atoms with Gasteiger partial charge in [0.1, 0.15) is 11.4 Å². The van der Waals surface area contributed by atoms with E-state index in [1.54, 1.807) is 40.7 Å². The van der Waals surface area contributed by atoms with E-state index >= 15 is 0 Å². The number of aromatic nitrogens is 2. The molecule has 0 aliphatic carbocycles. The lowest BCUT2D eigenvalue weighted by atomic mass is 10.1. The number of sulfonamides is 1. The molecule has 0 bridgehead atoms. The molecule has 0 radical (unpaired) electrons. The number of phenols is 1. The number of piperidine rings is 1. The lowest BCUT2D eigenvalue weighted by Gasteiger charge is -2.32. The number of anilines is 1. The lowest BCUT2D eigenvalue weighted by molar-refractivity contribution is 0.102. The van der Waals surface area contributed by atoms with Crippen molar-refractivity contribution in [1.82, 2.24) is 14.5 Å². The molecule has 2 heterocycles. The molecular weight excluding hydrogens is 428 g/mol. The molecule has 3 aromatic rings. The van der Waals surface area contributed by atoms with Crippen molar-refractivity contribution in [1.29, 1.82) is 0 Å². The van der Waals surface area contributed by atoms with Crippen molar-refractivity contribution >= 4 is 21.6 Å². The number of nitrogens with zero attached hydrogens (tertiary/aromatic N) is 2. The van der Waals surface area contributed by atoms with E-state index in [0.717, 1.165) is 24.8 Å². The van der Waals surface area contributed by atoms with E-state index in [1.807, 2.05) is 13.8 Å². The smallest absolute Gasteiger partial charge is 0.273 e. The number of aromatic amines is 1. The first-order chi connectivity index (χ1) is 15.3. The molecule has 0 saturated carbocycles. The molecule has 1 saturated heterocycles. The molecule has 1 aliphatic rings. The third-order valence-electron chi connectivity index (χ3n) is 5.71.